The predicted molar refractivity (Wildman–Crippen MR) is 93.7 cm³/mol. The third-order valence-corrected chi connectivity index (χ3v) is 4.87. The smallest absolute Gasteiger partial charge is 0.303 e. The van der Waals surface area contributed by atoms with Crippen LogP contribution < -0.4 is 5.32 Å². The van der Waals surface area contributed by atoms with Gasteiger partial charge in [0.1, 0.15) is 5.82 Å². The number of carboxylic acid groups (broad SMARTS) is 1. The van der Waals surface area contributed by atoms with Crippen LogP contribution in [0.3, 0.4) is 0 Å². The number of halogens is 1. The Morgan fingerprint density at radius 1 is 1.27 bits per heavy atom. The second-order valence-corrected chi connectivity index (χ2v) is 6.80. The molecule has 138 valence electrons. The van der Waals surface area contributed by atoms with Crippen molar-refractivity contribution in [2.24, 2.45) is 5.92 Å². The van der Waals surface area contributed by atoms with Gasteiger partial charge >= 0.3 is 5.97 Å². The normalized spacial score (nSPS) is 19.9. The second-order valence-electron chi connectivity index (χ2n) is 6.80. The number of hydrogen-bond acceptors (Lipinski definition) is 3. The highest BCUT2D eigenvalue weighted by Crippen LogP contribution is 2.27. The quantitative estimate of drug-likeness (QED) is 0.859. The van der Waals surface area contributed by atoms with E-state index < -0.39 is 5.97 Å². The minimum Gasteiger partial charge on any atom is -0.481 e. The first-order valence-corrected chi connectivity index (χ1v) is 8.79. The summed E-state index contributed by atoms with van der Waals surface area (Å²) >= 11 is 0. The molecular weight excluding hydrogens is 337 g/mol. The maximum atomic E-state index is 13.1. The van der Waals surface area contributed by atoms with Crippen LogP contribution in [0.1, 0.15) is 48.2 Å². The summed E-state index contributed by atoms with van der Waals surface area (Å²) in [4.78, 5) is 23.7. The number of carbonyl (C=O) groups excluding carboxylic acids is 1. The van der Waals surface area contributed by atoms with Crippen molar-refractivity contribution < 1.29 is 19.1 Å². The molecule has 1 aliphatic carbocycles. The molecule has 2 atom stereocenters. The van der Waals surface area contributed by atoms with Crippen LogP contribution in [-0.4, -0.2) is 32.8 Å². The zero-order valence-electron chi connectivity index (χ0n) is 14.6. The lowest BCUT2D eigenvalue weighted by molar-refractivity contribution is -0.138. The van der Waals surface area contributed by atoms with Gasteiger partial charge in [0.15, 0.2) is 5.69 Å². The molecule has 2 aromatic rings. The van der Waals surface area contributed by atoms with Gasteiger partial charge in [0, 0.05) is 17.8 Å². The molecule has 0 saturated heterocycles. The minimum absolute atomic E-state index is 0.0512. The van der Waals surface area contributed by atoms with E-state index in [-0.39, 0.29) is 30.1 Å². The van der Waals surface area contributed by atoms with Crippen molar-refractivity contribution in [3.63, 3.8) is 0 Å². The first-order chi connectivity index (χ1) is 12.4. The number of aliphatic carboxylic acids is 1. The number of aromatic nitrogens is 2. The number of nitrogens with one attached hydrogen (secondary N) is 1. The van der Waals surface area contributed by atoms with E-state index >= 15 is 0 Å². The van der Waals surface area contributed by atoms with Gasteiger partial charge in [-0.3, -0.25) is 9.59 Å². The first-order valence-electron chi connectivity index (χ1n) is 8.79. The van der Waals surface area contributed by atoms with Crippen molar-refractivity contribution in [1.29, 1.82) is 0 Å². The van der Waals surface area contributed by atoms with Crippen molar-refractivity contribution >= 4 is 11.9 Å². The molecule has 2 N–H and O–H groups in total. The molecule has 3 rings (SSSR count). The van der Waals surface area contributed by atoms with Gasteiger partial charge < -0.3 is 10.4 Å². The topological polar surface area (TPSA) is 84.2 Å². The van der Waals surface area contributed by atoms with E-state index in [1.807, 2.05) is 0 Å². The number of carboxylic acids is 1. The number of carbonyl (C=O) groups is 2. The third-order valence-electron chi connectivity index (χ3n) is 4.87. The fraction of sp³-hybridized carbons (Fsp3) is 0.421. The van der Waals surface area contributed by atoms with Gasteiger partial charge in [0.2, 0.25) is 0 Å². The third kappa shape index (κ3) is 4.09. The fourth-order valence-corrected chi connectivity index (χ4v) is 3.51. The number of nitrogens with zero attached hydrogens (tertiary/aromatic N) is 2. The van der Waals surface area contributed by atoms with Crippen molar-refractivity contribution in [2.75, 3.05) is 0 Å². The van der Waals surface area contributed by atoms with Gasteiger partial charge in [0.25, 0.3) is 5.91 Å². The Hall–Kier alpha value is -2.70. The average molecular weight is 359 g/mol. The highest BCUT2D eigenvalue weighted by atomic mass is 19.1. The van der Waals surface area contributed by atoms with Crippen LogP contribution in [0.2, 0.25) is 0 Å². The van der Waals surface area contributed by atoms with Gasteiger partial charge in [-0.1, -0.05) is 12.8 Å². The molecule has 7 heteroatoms. The number of rotatable bonds is 5. The van der Waals surface area contributed by atoms with Crippen LogP contribution in [0.15, 0.2) is 30.5 Å². The van der Waals surface area contributed by atoms with Gasteiger partial charge in [-0.05, 0) is 49.9 Å². The SMILES string of the molecule is Cc1cn(-c2ccc(F)cc2)nc1C(=O)N[C@@H]1CCCC[C@@H]1CC(=O)O. The molecule has 0 aliphatic heterocycles. The van der Waals surface area contributed by atoms with E-state index in [1.165, 1.54) is 12.1 Å². The molecule has 1 heterocycles. The average Bonchev–Trinajstić information content (AvgIpc) is 2.99. The summed E-state index contributed by atoms with van der Waals surface area (Å²) in [6.07, 6.45) is 5.33. The first kappa shape index (κ1) is 18.1. The molecule has 0 radical (unpaired) electrons. The highest BCUT2D eigenvalue weighted by molar-refractivity contribution is 5.93. The van der Waals surface area contributed by atoms with Crippen LogP contribution in [-0.2, 0) is 4.79 Å². The Morgan fingerprint density at radius 2 is 1.96 bits per heavy atom. The summed E-state index contributed by atoms with van der Waals surface area (Å²) in [6.45, 7) is 1.79. The number of aryl methyl sites for hydroxylation is 1. The molecule has 1 saturated carbocycles. The van der Waals surface area contributed by atoms with Gasteiger partial charge in [-0.25, -0.2) is 9.07 Å². The fourth-order valence-electron chi connectivity index (χ4n) is 3.51. The summed E-state index contributed by atoms with van der Waals surface area (Å²) in [5.74, 6) is -1.53. The molecule has 1 aromatic heterocycles. The van der Waals surface area contributed by atoms with Crippen molar-refractivity contribution in [1.82, 2.24) is 15.1 Å². The molecule has 1 aromatic carbocycles. The van der Waals surface area contributed by atoms with E-state index in [0.29, 0.717) is 16.9 Å². The molecule has 1 fully saturated rings. The number of benzene rings is 1. The van der Waals surface area contributed by atoms with E-state index in [0.717, 1.165) is 25.7 Å². The van der Waals surface area contributed by atoms with Crippen molar-refractivity contribution in [2.45, 2.75) is 45.1 Å². The largest absolute Gasteiger partial charge is 0.481 e. The molecule has 1 amide bonds. The number of hydrogen-bond donors (Lipinski definition) is 2. The van der Waals surface area contributed by atoms with Crippen LogP contribution in [0.25, 0.3) is 5.69 Å². The molecule has 6 nitrogen and oxygen atoms in total. The Labute approximate surface area is 151 Å². The lowest BCUT2D eigenvalue weighted by Gasteiger charge is -2.31. The summed E-state index contributed by atoms with van der Waals surface area (Å²) in [6, 6.07) is 5.71. The standard InChI is InChI=1S/C19H22FN3O3/c1-12-11-23(15-8-6-14(20)7-9-15)22-18(12)19(26)21-16-5-3-2-4-13(16)10-17(24)25/h6-9,11,13,16H,2-5,10H2,1H3,(H,21,26)(H,24,25)/t13-,16-/m1/s1. The summed E-state index contributed by atoms with van der Waals surface area (Å²) in [5.41, 5.74) is 1.67. The van der Waals surface area contributed by atoms with Crippen LogP contribution in [0.4, 0.5) is 4.39 Å². The lowest BCUT2D eigenvalue weighted by Crippen LogP contribution is -2.43. The Kier molecular flexibility index (Phi) is 5.35. The van der Waals surface area contributed by atoms with Crippen molar-refractivity contribution in [3.8, 4) is 5.69 Å². The molecule has 0 spiro atoms. The summed E-state index contributed by atoms with van der Waals surface area (Å²) in [5, 5.41) is 16.4. The minimum atomic E-state index is -0.840. The monoisotopic (exact) mass is 359 g/mol. The Morgan fingerprint density at radius 3 is 2.65 bits per heavy atom. The molecule has 26 heavy (non-hydrogen) atoms. The zero-order chi connectivity index (χ0) is 18.7. The number of amides is 1. The van der Waals surface area contributed by atoms with Crippen LogP contribution >= 0.6 is 0 Å². The van der Waals surface area contributed by atoms with E-state index in [4.69, 9.17) is 5.11 Å². The highest BCUT2D eigenvalue weighted by Gasteiger charge is 2.29. The van der Waals surface area contributed by atoms with Gasteiger partial charge in [-0.15, -0.1) is 0 Å². The molecule has 0 unspecified atom stereocenters. The lowest BCUT2D eigenvalue weighted by atomic mass is 9.82. The second kappa shape index (κ2) is 7.68. The Balaban J connectivity index is 1.75. The predicted octanol–water partition coefficient (Wildman–Crippen LogP) is 3.08. The molecular formula is C19H22FN3O3. The molecule has 1 aliphatic rings. The zero-order valence-corrected chi connectivity index (χ0v) is 14.6. The van der Waals surface area contributed by atoms with Gasteiger partial charge in [0.05, 0.1) is 12.1 Å². The van der Waals surface area contributed by atoms with Crippen LogP contribution in [0, 0.1) is 18.7 Å². The summed E-state index contributed by atoms with van der Waals surface area (Å²) in [7, 11) is 0. The van der Waals surface area contributed by atoms with Crippen molar-refractivity contribution in [3.05, 3.63) is 47.5 Å². The maximum absolute atomic E-state index is 13.1. The van der Waals surface area contributed by atoms with E-state index in [1.54, 1.807) is 29.9 Å². The summed E-state index contributed by atoms with van der Waals surface area (Å²) < 4.78 is 14.6. The van der Waals surface area contributed by atoms with E-state index in [9.17, 15) is 14.0 Å². The van der Waals surface area contributed by atoms with Gasteiger partial charge in [-0.2, -0.15) is 5.10 Å². The van der Waals surface area contributed by atoms with E-state index in [2.05, 4.69) is 10.4 Å². The maximum Gasteiger partial charge on any atom is 0.303 e. The van der Waals surface area contributed by atoms with Crippen LogP contribution in [0.5, 0.6) is 0 Å². The molecule has 0 bridgehead atoms. The Bertz CT molecular complexity index is 801.